The number of aromatic nitrogens is 2. The third kappa shape index (κ3) is 6.47. The maximum absolute atomic E-state index is 12.1. The molecule has 1 aromatic carbocycles. The monoisotopic (exact) mass is 502 g/mol. The molecule has 10 nitrogen and oxygen atoms in total. The Morgan fingerprint density at radius 3 is 2.43 bits per heavy atom. The van der Waals surface area contributed by atoms with Gasteiger partial charge in [0.1, 0.15) is 16.5 Å². The zero-order valence-electron chi connectivity index (χ0n) is 20.2. The fourth-order valence-electron chi connectivity index (χ4n) is 4.32. The summed E-state index contributed by atoms with van der Waals surface area (Å²) in [5, 5.41) is 5.54. The SMILES string of the molecule is CC(C)(N)CNC(=O)Nc1ccc(-c2nc(N3CCOCC3)cc(C3(C[SH](=O)=O)CCC3)n2)cc1. The second-order valence-corrected chi connectivity index (χ2v) is 11.0. The van der Waals surface area contributed by atoms with E-state index < -0.39 is 21.7 Å². The molecule has 11 heteroatoms. The lowest BCUT2D eigenvalue weighted by Crippen LogP contribution is -2.46. The molecule has 0 spiro atoms. The van der Waals surface area contributed by atoms with Gasteiger partial charge in [-0.3, -0.25) is 0 Å². The first-order valence-corrected chi connectivity index (χ1v) is 13.3. The minimum Gasteiger partial charge on any atom is -0.378 e. The highest BCUT2D eigenvalue weighted by Crippen LogP contribution is 2.44. The van der Waals surface area contributed by atoms with Crippen LogP contribution in [-0.4, -0.2) is 68.6 Å². The number of morpholine rings is 1. The van der Waals surface area contributed by atoms with Crippen LogP contribution in [0.2, 0.25) is 0 Å². The molecule has 1 aliphatic carbocycles. The van der Waals surface area contributed by atoms with Crippen LogP contribution < -0.4 is 21.3 Å². The number of benzene rings is 1. The Balaban J connectivity index is 1.60. The molecule has 4 rings (SSSR count). The quantitative estimate of drug-likeness (QED) is 0.401. The van der Waals surface area contributed by atoms with E-state index in [9.17, 15) is 13.2 Å². The Bertz CT molecular complexity index is 1110. The number of thiol groups is 1. The maximum Gasteiger partial charge on any atom is 0.319 e. The predicted molar refractivity (Wildman–Crippen MR) is 136 cm³/mol. The number of nitrogens with zero attached hydrogens (tertiary/aromatic N) is 3. The van der Waals surface area contributed by atoms with Gasteiger partial charge >= 0.3 is 6.03 Å². The van der Waals surface area contributed by atoms with E-state index in [0.717, 1.165) is 49.4 Å². The topological polar surface area (TPSA) is 140 Å². The summed E-state index contributed by atoms with van der Waals surface area (Å²) in [6.07, 6.45) is 2.58. The highest BCUT2D eigenvalue weighted by Gasteiger charge is 2.41. The molecular weight excluding hydrogens is 468 g/mol. The molecule has 2 fully saturated rings. The number of amides is 2. The van der Waals surface area contributed by atoms with Crippen molar-refractivity contribution < 1.29 is 17.9 Å². The van der Waals surface area contributed by atoms with E-state index in [2.05, 4.69) is 15.5 Å². The Labute approximate surface area is 207 Å². The molecule has 2 aromatic rings. The third-order valence-electron chi connectivity index (χ3n) is 6.44. The van der Waals surface area contributed by atoms with Crippen molar-refractivity contribution in [1.29, 1.82) is 0 Å². The molecule has 2 amide bonds. The number of nitrogens with one attached hydrogen (secondary N) is 2. The van der Waals surface area contributed by atoms with Crippen molar-refractivity contribution in [3.05, 3.63) is 36.0 Å². The fraction of sp³-hybridized carbons (Fsp3) is 0.542. The van der Waals surface area contributed by atoms with Crippen molar-refractivity contribution in [2.24, 2.45) is 5.73 Å². The molecule has 0 unspecified atom stereocenters. The van der Waals surface area contributed by atoms with Gasteiger partial charge < -0.3 is 26.0 Å². The molecule has 190 valence electrons. The number of anilines is 2. The van der Waals surface area contributed by atoms with E-state index >= 15 is 0 Å². The average molecular weight is 503 g/mol. The molecule has 35 heavy (non-hydrogen) atoms. The van der Waals surface area contributed by atoms with Gasteiger partial charge in [-0.1, -0.05) is 6.42 Å². The molecule has 4 N–H and O–H groups in total. The number of urea groups is 1. The minimum absolute atomic E-state index is 0.0961. The number of hydrogen-bond acceptors (Lipinski definition) is 8. The molecule has 2 heterocycles. The number of nitrogens with two attached hydrogens (primary N) is 1. The van der Waals surface area contributed by atoms with Crippen LogP contribution in [0.1, 0.15) is 38.8 Å². The normalized spacial score (nSPS) is 17.7. The van der Waals surface area contributed by atoms with Crippen LogP contribution in [0.3, 0.4) is 0 Å². The summed E-state index contributed by atoms with van der Waals surface area (Å²) in [5.74, 6) is 1.42. The summed E-state index contributed by atoms with van der Waals surface area (Å²) in [7, 11) is -2.53. The maximum atomic E-state index is 12.1. The second kappa shape index (κ2) is 10.5. The van der Waals surface area contributed by atoms with Gasteiger partial charge in [-0.05, 0) is 51.0 Å². The van der Waals surface area contributed by atoms with Gasteiger partial charge in [0.2, 0.25) is 0 Å². The lowest BCUT2D eigenvalue weighted by atomic mass is 9.68. The van der Waals surface area contributed by atoms with E-state index in [0.29, 0.717) is 31.3 Å². The summed E-state index contributed by atoms with van der Waals surface area (Å²) in [5.41, 5.74) is 7.15. The Morgan fingerprint density at radius 1 is 1.17 bits per heavy atom. The van der Waals surface area contributed by atoms with Gasteiger partial charge in [-0.15, -0.1) is 0 Å². The van der Waals surface area contributed by atoms with Crippen LogP contribution in [0.4, 0.5) is 16.3 Å². The number of hydrogen-bond donors (Lipinski definition) is 4. The zero-order valence-corrected chi connectivity index (χ0v) is 21.1. The van der Waals surface area contributed by atoms with Crippen LogP contribution >= 0.6 is 0 Å². The van der Waals surface area contributed by atoms with E-state index in [1.165, 1.54) is 0 Å². The van der Waals surface area contributed by atoms with Crippen molar-refractivity contribution in [2.45, 2.75) is 44.1 Å². The third-order valence-corrected chi connectivity index (χ3v) is 7.30. The van der Waals surface area contributed by atoms with Gasteiger partial charge in [0.15, 0.2) is 5.82 Å². The van der Waals surface area contributed by atoms with Crippen LogP contribution in [0.5, 0.6) is 0 Å². The van der Waals surface area contributed by atoms with Gasteiger partial charge in [-0.25, -0.2) is 23.2 Å². The summed E-state index contributed by atoms with van der Waals surface area (Å²) >= 11 is 0. The number of rotatable bonds is 8. The first-order valence-electron chi connectivity index (χ1n) is 11.9. The Hall–Kier alpha value is -2.76. The molecule has 1 saturated heterocycles. The van der Waals surface area contributed by atoms with Gasteiger partial charge in [0.25, 0.3) is 0 Å². The molecule has 2 aliphatic rings. The molecular formula is C24H34N6O4S. The van der Waals surface area contributed by atoms with E-state index in [4.69, 9.17) is 20.4 Å². The van der Waals surface area contributed by atoms with Crippen molar-refractivity contribution in [2.75, 3.05) is 48.8 Å². The van der Waals surface area contributed by atoms with Crippen molar-refractivity contribution >= 4 is 28.2 Å². The smallest absolute Gasteiger partial charge is 0.319 e. The van der Waals surface area contributed by atoms with Gasteiger partial charge in [0, 0.05) is 47.9 Å². The average Bonchev–Trinajstić information content (AvgIpc) is 2.80. The zero-order chi connectivity index (χ0) is 25.1. The standard InChI is InChI=1S/C24H34N6O4S/c1-23(2,25)15-26-22(31)27-18-6-4-17(5-7-18)21-28-19(24(8-3-9-24)16-35(32)33)14-20(29-21)30-10-12-34-13-11-30/h4-7,14,35H,3,8-13,15-16,25H2,1-2H3,(H2,26,27,31). The van der Waals surface area contributed by atoms with Crippen LogP contribution in [0, 0.1) is 0 Å². The summed E-state index contributed by atoms with van der Waals surface area (Å²) in [4.78, 5) is 24.0. The molecule has 0 radical (unpaired) electrons. The van der Waals surface area contributed by atoms with Crippen molar-refractivity contribution in [3.63, 3.8) is 0 Å². The molecule has 1 saturated carbocycles. The van der Waals surface area contributed by atoms with Crippen LogP contribution in [0.25, 0.3) is 11.4 Å². The first-order chi connectivity index (χ1) is 16.6. The molecule has 0 bridgehead atoms. The summed E-state index contributed by atoms with van der Waals surface area (Å²) in [6.45, 7) is 6.70. The Morgan fingerprint density at radius 2 is 1.86 bits per heavy atom. The highest BCUT2D eigenvalue weighted by molar-refractivity contribution is 7.72. The molecule has 0 atom stereocenters. The van der Waals surface area contributed by atoms with Gasteiger partial charge in [-0.2, -0.15) is 0 Å². The number of ether oxygens (including phenoxy) is 1. The lowest BCUT2D eigenvalue weighted by Gasteiger charge is -2.40. The largest absolute Gasteiger partial charge is 0.378 e. The highest BCUT2D eigenvalue weighted by atomic mass is 32.2. The van der Waals surface area contributed by atoms with Crippen molar-refractivity contribution in [1.82, 2.24) is 15.3 Å². The van der Waals surface area contributed by atoms with Crippen LogP contribution in [-0.2, 0) is 20.9 Å². The van der Waals surface area contributed by atoms with Gasteiger partial charge in [0.05, 0.1) is 24.7 Å². The van der Waals surface area contributed by atoms with E-state index in [-0.39, 0.29) is 11.8 Å². The van der Waals surface area contributed by atoms with E-state index in [1.54, 1.807) is 12.1 Å². The number of carbonyl (C=O) groups excluding carboxylic acids is 1. The van der Waals surface area contributed by atoms with Crippen LogP contribution in [0.15, 0.2) is 30.3 Å². The molecule has 1 aliphatic heterocycles. The minimum atomic E-state index is -2.53. The fourth-order valence-corrected chi connectivity index (χ4v) is 5.29. The summed E-state index contributed by atoms with van der Waals surface area (Å²) in [6, 6.07) is 8.91. The predicted octanol–water partition coefficient (Wildman–Crippen LogP) is 1.87. The van der Waals surface area contributed by atoms with Crippen molar-refractivity contribution in [3.8, 4) is 11.4 Å². The second-order valence-electron chi connectivity index (χ2n) is 10.0. The Kier molecular flexibility index (Phi) is 7.58. The summed E-state index contributed by atoms with van der Waals surface area (Å²) < 4.78 is 28.8. The number of carbonyl (C=O) groups is 1. The first kappa shape index (κ1) is 25.3. The molecule has 1 aromatic heterocycles. The lowest BCUT2D eigenvalue weighted by molar-refractivity contribution is 0.122. The van der Waals surface area contributed by atoms with E-state index in [1.807, 2.05) is 32.0 Å².